The van der Waals surface area contributed by atoms with Gasteiger partial charge in [0.2, 0.25) is 0 Å². The lowest BCUT2D eigenvalue weighted by molar-refractivity contribution is 0.0692. The molecule has 1 rings (SSSR count). The van der Waals surface area contributed by atoms with Crippen molar-refractivity contribution in [3.8, 4) is 0 Å². The van der Waals surface area contributed by atoms with Crippen LogP contribution in [0.15, 0.2) is 6.07 Å². The highest BCUT2D eigenvalue weighted by molar-refractivity contribution is 7.90. The average Bonchev–Trinajstić information content (AvgIpc) is 2.59. The van der Waals surface area contributed by atoms with E-state index in [-0.39, 0.29) is 11.4 Å². The molecule has 0 aliphatic rings. The maximum Gasteiger partial charge on any atom is 0.354 e. The second-order valence-corrected chi connectivity index (χ2v) is 5.41. The van der Waals surface area contributed by atoms with Crippen molar-refractivity contribution in [1.29, 1.82) is 0 Å². The summed E-state index contributed by atoms with van der Waals surface area (Å²) in [7, 11) is -3.72. The Labute approximate surface area is 106 Å². The third-order valence-corrected chi connectivity index (χ3v) is 4.12. The fourth-order valence-corrected chi connectivity index (χ4v) is 2.85. The van der Waals surface area contributed by atoms with Gasteiger partial charge in [-0.15, -0.1) is 0 Å². The van der Waals surface area contributed by atoms with Crippen molar-refractivity contribution >= 4 is 21.9 Å². The van der Waals surface area contributed by atoms with Gasteiger partial charge < -0.3 is 10.1 Å². The monoisotopic (exact) mass is 275 g/mol. The highest BCUT2D eigenvalue weighted by Gasteiger charge is 2.22. The molecule has 0 aromatic carbocycles. The van der Waals surface area contributed by atoms with Crippen LogP contribution in [0.2, 0.25) is 0 Å². The van der Waals surface area contributed by atoms with Gasteiger partial charge in [-0.1, -0.05) is 13.8 Å². The summed E-state index contributed by atoms with van der Waals surface area (Å²) in [6, 6.07) is 1.45. The molecule has 0 unspecified atom stereocenters. The molecule has 0 aliphatic carbocycles. The average molecular weight is 275 g/mol. The second-order valence-electron chi connectivity index (χ2n) is 3.74. The van der Waals surface area contributed by atoms with Crippen molar-refractivity contribution in [2.75, 3.05) is 17.8 Å². The number of carbonyl (C=O) groups is 1. The number of carboxylic acids is 1. The maximum atomic E-state index is 12.0. The van der Waals surface area contributed by atoms with Crippen molar-refractivity contribution < 1.29 is 18.3 Å². The van der Waals surface area contributed by atoms with E-state index in [1.54, 1.807) is 20.8 Å². The highest BCUT2D eigenvalue weighted by atomic mass is 32.2. The molecule has 0 spiro atoms. The minimum Gasteiger partial charge on any atom is -0.477 e. The Morgan fingerprint density at radius 2 is 2.00 bits per heavy atom. The number of hydrogen-bond donors (Lipinski definition) is 3. The molecule has 0 amide bonds. The van der Waals surface area contributed by atoms with Gasteiger partial charge in [0.05, 0.1) is 5.69 Å². The minimum atomic E-state index is -3.72. The van der Waals surface area contributed by atoms with E-state index in [2.05, 4.69) is 9.71 Å². The molecular formula is C10H17N3O4S. The van der Waals surface area contributed by atoms with Gasteiger partial charge in [0.15, 0.2) is 0 Å². The van der Waals surface area contributed by atoms with E-state index in [1.165, 1.54) is 10.4 Å². The molecule has 0 radical (unpaired) electrons. The molecule has 0 fully saturated rings. The smallest absolute Gasteiger partial charge is 0.354 e. The van der Waals surface area contributed by atoms with E-state index >= 15 is 0 Å². The first-order valence-corrected chi connectivity index (χ1v) is 6.96. The number of aromatic nitrogens is 1. The Kier molecular flexibility index (Phi) is 4.36. The molecule has 0 saturated carbocycles. The number of anilines is 1. The van der Waals surface area contributed by atoms with Crippen LogP contribution >= 0.6 is 0 Å². The van der Waals surface area contributed by atoms with Crippen LogP contribution in [0.4, 0.5) is 5.69 Å². The van der Waals surface area contributed by atoms with Gasteiger partial charge in [-0.25, -0.2) is 4.79 Å². The van der Waals surface area contributed by atoms with Gasteiger partial charge in [-0.2, -0.15) is 12.7 Å². The minimum absolute atomic E-state index is 0.0481. The van der Waals surface area contributed by atoms with E-state index in [0.29, 0.717) is 18.8 Å². The molecule has 3 N–H and O–H groups in total. The summed E-state index contributed by atoms with van der Waals surface area (Å²) in [5, 5.41) is 8.95. The Balaban J connectivity index is 3.08. The number of H-pyrrole nitrogens is 1. The molecule has 7 nitrogen and oxygen atoms in total. The van der Waals surface area contributed by atoms with Crippen LogP contribution in [0.1, 0.15) is 30.0 Å². The largest absolute Gasteiger partial charge is 0.477 e. The van der Waals surface area contributed by atoms with E-state index < -0.39 is 16.2 Å². The first kappa shape index (κ1) is 14.5. The normalized spacial score (nSPS) is 11.8. The lowest BCUT2D eigenvalue weighted by Crippen LogP contribution is -2.35. The number of aromatic carboxylic acids is 1. The van der Waals surface area contributed by atoms with Crippen LogP contribution in [-0.4, -0.2) is 41.9 Å². The fourth-order valence-electron chi connectivity index (χ4n) is 1.61. The molecule has 0 atom stereocenters. The molecule has 0 bridgehead atoms. The Morgan fingerprint density at radius 3 is 2.44 bits per heavy atom. The van der Waals surface area contributed by atoms with E-state index in [0.717, 1.165) is 0 Å². The van der Waals surface area contributed by atoms with E-state index in [9.17, 15) is 13.2 Å². The molecule has 0 saturated heterocycles. The predicted octanol–water partition coefficient (Wildman–Crippen LogP) is 1.02. The molecule has 1 heterocycles. The fraction of sp³-hybridized carbons (Fsp3) is 0.500. The number of carboxylic acid groups (broad SMARTS) is 1. The molecule has 18 heavy (non-hydrogen) atoms. The predicted molar refractivity (Wildman–Crippen MR) is 68.0 cm³/mol. The van der Waals surface area contributed by atoms with Crippen LogP contribution in [0.5, 0.6) is 0 Å². The first-order chi connectivity index (χ1) is 8.31. The third-order valence-electron chi connectivity index (χ3n) is 2.45. The number of hydrogen-bond acceptors (Lipinski definition) is 3. The number of aryl methyl sites for hydroxylation is 1. The molecule has 0 aliphatic heterocycles. The first-order valence-electron chi connectivity index (χ1n) is 5.52. The van der Waals surface area contributed by atoms with Gasteiger partial charge in [-0.05, 0) is 13.0 Å². The Hall–Kier alpha value is -1.54. The molecule has 8 heteroatoms. The van der Waals surface area contributed by atoms with Gasteiger partial charge in [0.25, 0.3) is 0 Å². The van der Waals surface area contributed by atoms with Crippen LogP contribution in [0, 0.1) is 6.92 Å². The zero-order valence-electron chi connectivity index (χ0n) is 10.5. The zero-order chi connectivity index (χ0) is 13.9. The van der Waals surface area contributed by atoms with Crippen LogP contribution < -0.4 is 4.72 Å². The summed E-state index contributed by atoms with van der Waals surface area (Å²) >= 11 is 0. The molecule has 1 aromatic rings. The topological polar surface area (TPSA) is 103 Å². The number of nitrogens with one attached hydrogen (secondary N) is 2. The van der Waals surface area contributed by atoms with Gasteiger partial charge in [0, 0.05) is 18.8 Å². The standard InChI is InChI=1S/C10H17N3O4S/c1-4-13(5-2)18(16,17)12-8-6-7(3)11-9(8)10(14)15/h6,11-12H,4-5H2,1-3H3,(H,14,15). The molecular weight excluding hydrogens is 258 g/mol. The summed E-state index contributed by atoms with van der Waals surface area (Å²) in [5.74, 6) is -1.21. The summed E-state index contributed by atoms with van der Waals surface area (Å²) in [5.41, 5.74) is 0.458. The second kappa shape index (κ2) is 5.40. The summed E-state index contributed by atoms with van der Waals surface area (Å²) < 4.78 is 27.4. The van der Waals surface area contributed by atoms with Crippen LogP contribution in [0.25, 0.3) is 0 Å². The number of aromatic amines is 1. The zero-order valence-corrected chi connectivity index (χ0v) is 11.3. The third kappa shape index (κ3) is 3.02. The van der Waals surface area contributed by atoms with Crippen molar-refractivity contribution in [2.45, 2.75) is 20.8 Å². The van der Waals surface area contributed by atoms with Crippen molar-refractivity contribution in [3.05, 3.63) is 17.5 Å². The number of nitrogens with zero attached hydrogens (tertiary/aromatic N) is 1. The molecule has 1 aromatic heterocycles. The number of rotatable bonds is 6. The summed E-state index contributed by atoms with van der Waals surface area (Å²) in [6.45, 7) is 5.71. The van der Waals surface area contributed by atoms with Gasteiger partial charge >= 0.3 is 16.2 Å². The van der Waals surface area contributed by atoms with Crippen molar-refractivity contribution in [1.82, 2.24) is 9.29 Å². The highest BCUT2D eigenvalue weighted by Crippen LogP contribution is 2.19. The lowest BCUT2D eigenvalue weighted by Gasteiger charge is -2.19. The van der Waals surface area contributed by atoms with Gasteiger partial charge in [0.1, 0.15) is 5.69 Å². The van der Waals surface area contributed by atoms with Crippen LogP contribution in [0.3, 0.4) is 0 Å². The van der Waals surface area contributed by atoms with E-state index in [4.69, 9.17) is 5.11 Å². The van der Waals surface area contributed by atoms with Crippen molar-refractivity contribution in [3.63, 3.8) is 0 Å². The quantitative estimate of drug-likeness (QED) is 0.721. The maximum absolute atomic E-state index is 12.0. The van der Waals surface area contributed by atoms with E-state index in [1.807, 2.05) is 0 Å². The van der Waals surface area contributed by atoms with Gasteiger partial charge in [-0.3, -0.25) is 4.72 Å². The summed E-state index contributed by atoms with van der Waals surface area (Å²) in [6.07, 6.45) is 0. The van der Waals surface area contributed by atoms with Crippen molar-refractivity contribution in [2.24, 2.45) is 0 Å². The summed E-state index contributed by atoms with van der Waals surface area (Å²) in [4.78, 5) is 13.5. The SMILES string of the molecule is CCN(CC)S(=O)(=O)Nc1cc(C)[nH]c1C(=O)O. The Bertz CT molecular complexity index is 531. The Morgan fingerprint density at radius 1 is 1.44 bits per heavy atom. The lowest BCUT2D eigenvalue weighted by atomic mass is 10.4. The molecule has 102 valence electrons. The van der Waals surface area contributed by atoms with Crippen LogP contribution in [-0.2, 0) is 10.2 Å².